The average Bonchev–Trinajstić information content (AvgIpc) is 2.74. The van der Waals surface area contributed by atoms with E-state index in [1.807, 2.05) is 12.1 Å². The Morgan fingerprint density at radius 2 is 1.86 bits per heavy atom. The van der Waals surface area contributed by atoms with E-state index in [0.29, 0.717) is 23.1 Å². The second-order valence-electron chi connectivity index (χ2n) is 7.06. The summed E-state index contributed by atoms with van der Waals surface area (Å²) in [7, 11) is 3.07. The molecule has 2 aromatic rings. The minimum atomic E-state index is -0.347. The molecular weight excluding hydrogens is 386 g/mol. The number of hydrogen-bond acceptors (Lipinski definition) is 5. The summed E-state index contributed by atoms with van der Waals surface area (Å²) in [6.07, 6.45) is 3.75. The van der Waals surface area contributed by atoms with Gasteiger partial charge >= 0.3 is 0 Å². The molecule has 0 aromatic heterocycles. The van der Waals surface area contributed by atoms with Gasteiger partial charge in [0, 0.05) is 30.0 Å². The quantitative estimate of drug-likeness (QED) is 0.716. The Balaban J connectivity index is 1.61. The summed E-state index contributed by atoms with van der Waals surface area (Å²) in [6, 6.07) is 13.7. The minimum Gasteiger partial charge on any atom is -0.497 e. The van der Waals surface area contributed by atoms with Crippen molar-refractivity contribution in [2.75, 3.05) is 31.0 Å². The molecule has 1 heterocycles. The van der Waals surface area contributed by atoms with E-state index in [9.17, 15) is 4.79 Å². The zero-order valence-electron chi connectivity index (χ0n) is 17.0. The van der Waals surface area contributed by atoms with E-state index >= 15 is 0 Å². The number of piperidine rings is 1. The fourth-order valence-corrected chi connectivity index (χ4v) is 3.75. The molecule has 1 atom stereocenters. The van der Waals surface area contributed by atoms with E-state index < -0.39 is 0 Å². The van der Waals surface area contributed by atoms with Crippen LogP contribution in [0.4, 0.5) is 11.4 Å². The summed E-state index contributed by atoms with van der Waals surface area (Å²) in [6.45, 7) is 3.36. The standard InChI is InChI=1S/C22H27N3O3S/c1-15-6-4-5-13-25(15)17-9-7-16(8-10-17)23-22(29)24-21(26)19-12-11-18(27-2)14-20(19)28-3/h7-12,14-15H,4-6,13H2,1-3H3,(H2,23,24,26,29). The summed E-state index contributed by atoms with van der Waals surface area (Å²) in [4.78, 5) is 15.0. The number of methoxy groups -OCH3 is 2. The first kappa shape index (κ1) is 20.9. The van der Waals surface area contributed by atoms with Gasteiger partial charge in [0.2, 0.25) is 0 Å². The lowest BCUT2D eigenvalue weighted by molar-refractivity contribution is 0.0974. The number of nitrogens with one attached hydrogen (secondary N) is 2. The van der Waals surface area contributed by atoms with Gasteiger partial charge in [0.1, 0.15) is 11.5 Å². The predicted octanol–water partition coefficient (Wildman–Crippen LogP) is 4.21. The zero-order chi connectivity index (χ0) is 20.8. The number of thiocarbonyl (C=S) groups is 1. The van der Waals surface area contributed by atoms with Gasteiger partial charge in [0.25, 0.3) is 5.91 Å². The molecule has 29 heavy (non-hydrogen) atoms. The maximum absolute atomic E-state index is 12.6. The van der Waals surface area contributed by atoms with Crippen LogP contribution < -0.4 is 25.0 Å². The van der Waals surface area contributed by atoms with Gasteiger partial charge in [-0.3, -0.25) is 10.1 Å². The second kappa shape index (κ2) is 9.60. The minimum absolute atomic E-state index is 0.229. The van der Waals surface area contributed by atoms with Crippen LogP contribution in [0.2, 0.25) is 0 Å². The molecule has 1 saturated heterocycles. The third-order valence-electron chi connectivity index (χ3n) is 5.14. The SMILES string of the molecule is COc1ccc(C(=O)NC(=S)Nc2ccc(N3CCCCC3C)cc2)c(OC)c1. The monoisotopic (exact) mass is 413 g/mol. The lowest BCUT2D eigenvalue weighted by Gasteiger charge is -2.35. The molecule has 2 N–H and O–H groups in total. The molecule has 7 heteroatoms. The fourth-order valence-electron chi connectivity index (χ4n) is 3.54. The molecule has 0 radical (unpaired) electrons. The Morgan fingerprint density at radius 3 is 2.52 bits per heavy atom. The van der Waals surface area contributed by atoms with Crippen LogP contribution in [0, 0.1) is 0 Å². The van der Waals surface area contributed by atoms with Gasteiger partial charge in [0.05, 0.1) is 19.8 Å². The maximum atomic E-state index is 12.6. The van der Waals surface area contributed by atoms with Crippen molar-refractivity contribution in [3.05, 3.63) is 48.0 Å². The van der Waals surface area contributed by atoms with Crippen LogP contribution in [-0.2, 0) is 0 Å². The second-order valence-corrected chi connectivity index (χ2v) is 7.47. The highest BCUT2D eigenvalue weighted by molar-refractivity contribution is 7.80. The van der Waals surface area contributed by atoms with E-state index in [2.05, 4.69) is 34.6 Å². The lowest BCUT2D eigenvalue weighted by Crippen LogP contribution is -2.37. The Hall–Kier alpha value is -2.80. The summed E-state index contributed by atoms with van der Waals surface area (Å²) in [5.74, 6) is 0.688. The highest BCUT2D eigenvalue weighted by atomic mass is 32.1. The molecule has 1 fully saturated rings. The largest absolute Gasteiger partial charge is 0.497 e. The summed E-state index contributed by atoms with van der Waals surface area (Å²) >= 11 is 5.30. The van der Waals surface area contributed by atoms with Crippen LogP contribution in [0.15, 0.2) is 42.5 Å². The Morgan fingerprint density at radius 1 is 1.10 bits per heavy atom. The Bertz CT molecular complexity index is 870. The van der Waals surface area contributed by atoms with Gasteiger partial charge < -0.3 is 19.7 Å². The number of benzene rings is 2. The molecular formula is C22H27N3O3S. The molecule has 6 nitrogen and oxygen atoms in total. The van der Waals surface area contributed by atoms with E-state index in [-0.39, 0.29) is 11.0 Å². The average molecular weight is 414 g/mol. The van der Waals surface area contributed by atoms with Crippen molar-refractivity contribution < 1.29 is 14.3 Å². The number of carbonyl (C=O) groups excluding carboxylic acids is 1. The topological polar surface area (TPSA) is 62.8 Å². The van der Waals surface area contributed by atoms with Crippen LogP contribution in [0.5, 0.6) is 11.5 Å². The van der Waals surface area contributed by atoms with Gasteiger partial charge in [-0.1, -0.05) is 0 Å². The van der Waals surface area contributed by atoms with Gasteiger partial charge in [-0.25, -0.2) is 0 Å². The zero-order valence-corrected chi connectivity index (χ0v) is 17.8. The third kappa shape index (κ3) is 5.17. The summed E-state index contributed by atoms with van der Waals surface area (Å²) in [5, 5.41) is 5.98. The number of rotatable bonds is 5. The van der Waals surface area contributed by atoms with Crippen molar-refractivity contribution in [3.8, 4) is 11.5 Å². The van der Waals surface area contributed by atoms with Gasteiger partial charge in [-0.05, 0) is 74.8 Å². The predicted molar refractivity (Wildman–Crippen MR) is 120 cm³/mol. The van der Waals surface area contributed by atoms with E-state index in [0.717, 1.165) is 12.2 Å². The van der Waals surface area contributed by atoms with Gasteiger partial charge in [0.15, 0.2) is 5.11 Å². The van der Waals surface area contributed by atoms with Crippen molar-refractivity contribution in [2.45, 2.75) is 32.2 Å². The van der Waals surface area contributed by atoms with Crippen LogP contribution >= 0.6 is 12.2 Å². The molecule has 0 saturated carbocycles. The van der Waals surface area contributed by atoms with E-state index in [1.54, 1.807) is 25.3 Å². The Kier molecular flexibility index (Phi) is 6.93. The highest BCUT2D eigenvalue weighted by Crippen LogP contribution is 2.26. The molecule has 1 aliphatic heterocycles. The fraction of sp³-hybridized carbons (Fsp3) is 0.364. The van der Waals surface area contributed by atoms with Crippen molar-refractivity contribution in [3.63, 3.8) is 0 Å². The van der Waals surface area contributed by atoms with Crippen LogP contribution in [0.25, 0.3) is 0 Å². The molecule has 154 valence electrons. The molecule has 1 unspecified atom stereocenters. The van der Waals surface area contributed by atoms with E-state index in [1.165, 1.54) is 32.1 Å². The number of amides is 1. The number of hydrogen-bond donors (Lipinski definition) is 2. The van der Waals surface area contributed by atoms with Crippen LogP contribution in [0.3, 0.4) is 0 Å². The van der Waals surface area contributed by atoms with Gasteiger partial charge in [-0.2, -0.15) is 0 Å². The highest BCUT2D eigenvalue weighted by Gasteiger charge is 2.18. The summed E-state index contributed by atoms with van der Waals surface area (Å²) in [5.41, 5.74) is 2.41. The molecule has 0 aliphatic carbocycles. The molecule has 0 spiro atoms. The molecule has 2 aromatic carbocycles. The molecule has 1 aliphatic rings. The van der Waals surface area contributed by atoms with Crippen molar-refractivity contribution in [1.29, 1.82) is 0 Å². The first-order chi connectivity index (χ1) is 14.0. The number of anilines is 2. The normalized spacial score (nSPS) is 16.1. The molecule has 3 rings (SSSR count). The Labute approximate surface area is 177 Å². The lowest BCUT2D eigenvalue weighted by atomic mass is 10.0. The maximum Gasteiger partial charge on any atom is 0.261 e. The van der Waals surface area contributed by atoms with Crippen molar-refractivity contribution in [1.82, 2.24) is 5.32 Å². The van der Waals surface area contributed by atoms with Gasteiger partial charge in [-0.15, -0.1) is 0 Å². The first-order valence-electron chi connectivity index (χ1n) is 9.73. The number of ether oxygens (including phenoxy) is 2. The number of carbonyl (C=O) groups is 1. The van der Waals surface area contributed by atoms with Crippen LogP contribution in [0.1, 0.15) is 36.5 Å². The van der Waals surface area contributed by atoms with E-state index in [4.69, 9.17) is 21.7 Å². The third-order valence-corrected chi connectivity index (χ3v) is 5.34. The first-order valence-corrected chi connectivity index (χ1v) is 10.1. The number of nitrogens with zero attached hydrogens (tertiary/aromatic N) is 1. The molecule has 0 bridgehead atoms. The molecule has 1 amide bonds. The van der Waals surface area contributed by atoms with Crippen molar-refractivity contribution in [2.24, 2.45) is 0 Å². The van der Waals surface area contributed by atoms with Crippen molar-refractivity contribution >= 4 is 34.6 Å². The smallest absolute Gasteiger partial charge is 0.261 e. The summed E-state index contributed by atoms with van der Waals surface area (Å²) < 4.78 is 10.4. The van der Waals surface area contributed by atoms with Crippen LogP contribution in [-0.4, -0.2) is 37.8 Å².